The second kappa shape index (κ2) is 5.07. The van der Waals surface area contributed by atoms with Crippen molar-refractivity contribution >= 4 is 10.0 Å². The summed E-state index contributed by atoms with van der Waals surface area (Å²) in [7, 11) is -2.04. The van der Waals surface area contributed by atoms with Gasteiger partial charge in [-0.25, -0.2) is 8.42 Å². The van der Waals surface area contributed by atoms with Crippen LogP contribution < -0.4 is 0 Å². The van der Waals surface area contributed by atoms with Gasteiger partial charge in [0, 0.05) is 19.2 Å². The Balaban J connectivity index is 2.06. The van der Waals surface area contributed by atoms with Crippen LogP contribution in [0.4, 0.5) is 0 Å². The maximum atomic E-state index is 13.2. The molecule has 1 aliphatic carbocycles. The molecule has 1 saturated heterocycles. The summed E-state index contributed by atoms with van der Waals surface area (Å²) in [5, 5.41) is 14.0. The predicted molar refractivity (Wildman–Crippen MR) is 81.5 cm³/mol. The molecular formula is C15H22N4O2S. The summed E-state index contributed by atoms with van der Waals surface area (Å²) < 4.78 is 29.2. The molecule has 22 heavy (non-hydrogen) atoms. The van der Waals surface area contributed by atoms with Gasteiger partial charge in [0.05, 0.1) is 12.3 Å². The van der Waals surface area contributed by atoms with Crippen molar-refractivity contribution in [2.45, 2.75) is 56.5 Å². The van der Waals surface area contributed by atoms with Gasteiger partial charge in [-0.05, 0) is 37.0 Å². The third-order valence-corrected chi connectivity index (χ3v) is 6.83. The normalized spacial score (nSPS) is 25.8. The monoisotopic (exact) mass is 322 g/mol. The summed E-state index contributed by atoms with van der Waals surface area (Å²) in [5.41, 5.74) is 0.473. The number of aryl methyl sites for hydroxylation is 1. The first kappa shape index (κ1) is 15.5. The van der Waals surface area contributed by atoms with Crippen molar-refractivity contribution in [3.8, 4) is 6.07 Å². The summed E-state index contributed by atoms with van der Waals surface area (Å²) in [4.78, 5) is 0. The van der Waals surface area contributed by atoms with E-state index in [0.717, 1.165) is 31.2 Å². The molecule has 1 aromatic heterocycles. The molecule has 1 atom stereocenters. The number of piperidine rings is 1. The number of nitrogens with zero attached hydrogens (tertiary/aromatic N) is 4. The molecule has 1 saturated carbocycles. The van der Waals surface area contributed by atoms with E-state index in [0.29, 0.717) is 12.5 Å². The molecule has 1 aromatic rings. The first-order valence-corrected chi connectivity index (χ1v) is 9.16. The minimum absolute atomic E-state index is 0.271. The molecule has 0 radical (unpaired) electrons. The highest BCUT2D eigenvalue weighted by atomic mass is 32.2. The minimum atomic E-state index is -3.71. The molecule has 2 aliphatic rings. The van der Waals surface area contributed by atoms with Gasteiger partial charge in [0.15, 0.2) is 5.03 Å². The molecule has 0 amide bonds. The van der Waals surface area contributed by atoms with Gasteiger partial charge in [-0.2, -0.15) is 14.7 Å². The van der Waals surface area contributed by atoms with E-state index in [-0.39, 0.29) is 10.4 Å². The summed E-state index contributed by atoms with van der Waals surface area (Å²) in [6, 6.07) is 1.58. The Kier molecular flexibility index (Phi) is 3.57. The lowest BCUT2D eigenvalue weighted by atomic mass is 9.78. The van der Waals surface area contributed by atoms with E-state index in [4.69, 9.17) is 0 Å². The fourth-order valence-electron chi connectivity index (χ4n) is 3.39. The SMILES string of the molecule is Cn1ncc(C2CC2)c1S(=O)(=O)N1CCCC(C)(C)C1C#N. The highest BCUT2D eigenvalue weighted by Gasteiger charge is 2.46. The minimum Gasteiger partial charge on any atom is -0.256 e. The summed E-state index contributed by atoms with van der Waals surface area (Å²) in [6.45, 7) is 4.33. The van der Waals surface area contributed by atoms with Gasteiger partial charge in [0.25, 0.3) is 10.0 Å². The van der Waals surface area contributed by atoms with Crippen molar-refractivity contribution in [2.75, 3.05) is 6.54 Å². The van der Waals surface area contributed by atoms with Crippen LogP contribution in [-0.4, -0.2) is 35.1 Å². The zero-order valence-electron chi connectivity index (χ0n) is 13.3. The number of sulfonamides is 1. The van der Waals surface area contributed by atoms with Gasteiger partial charge in [-0.3, -0.25) is 4.68 Å². The lowest BCUT2D eigenvalue weighted by molar-refractivity contribution is 0.138. The summed E-state index contributed by atoms with van der Waals surface area (Å²) in [5.74, 6) is 0.303. The van der Waals surface area contributed by atoms with Crippen molar-refractivity contribution in [3.63, 3.8) is 0 Å². The fourth-order valence-corrected chi connectivity index (χ4v) is 5.49. The predicted octanol–water partition coefficient (Wildman–Crippen LogP) is 2.00. The Morgan fingerprint density at radius 1 is 1.41 bits per heavy atom. The Morgan fingerprint density at radius 2 is 2.09 bits per heavy atom. The smallest absolute Gasteiger partial charge is 0.256 e. The van der Waals surface area contributed by atoms with Crippen molar-refractivity contribution in [1.82, 2.24) is 14.1 Å². The molecule has 0 aromatic carbocycles. The van der Waals surface area contributed by atoms with Crippen LogP contribution in [0.1, 0.15) is 51.0 Å². The molecule has 7 heteroatoms. The molecule has 1 aliphatic heterocycles. The second-order valence-electron chi connectivity index (χ2n) is 7.04. The van der Waals surface area contributed by atoms with Crippen molar-refractivity contribution in [1.29, 1.82) is 5.26 Å². The standard InChI is InChI=1S/C15H22N4O2S/c1-15(2)7-4-8-19(13(15)9-16)22(20,21)14-12(11-5-6-11)10-17-18(14)3/h10-11,13H,4-8H2,1-3H3. The number of hydrogen-bond acceptors (Lipinski definition) is 4. The van der Waals surface area contributed by atoms with Crippen LogP contribution in [0.15, 0.2) is 11.2 Å². The first-order valence-electron chi connectivity index (χ1n) is 7.72. The molecule has 2 heterocycles. The zero-order chi connectivity index (χ0) is 16.1. The van der Waals surface area contributed by atoms with Crippen LogP contribution in [0.5, 0.6) is 0 Å². The van der Waals surface area contributed by atoms with Crippen LogP contribution in [0, 0.1) is 16.7 Å². The Labute approximate surface area is 131 Å². The molecule has 6 nitrogen and oxygen atoms in total. The van der Waals surface area contributed by atoms with Crippen molar-refractivity contribution in [3.05, 3.63) is 11.8 Å². The van der Waals surface area contributed by atoms with E-state index >= 15 is 0 Å². The van der Waals surface area contributed by atoms with E-state index in [2.05, 4.69) is 11.2 Å². The highest BCUT2D eigenvalue weighted by molar-refractivity contribution is 7.89. The number of aromatic nitrogens is 2. The van der Waals surface area contributed by atoms with Gasteiger partial charge in [0.2, 0.25) is 0 Å². The molecule has 3 rings (SSSR count). The van der Waals surface area contributed by atoms with Gasteiger partial charge < -0.3 is 0 Å². The molecule has 120 valence electrons. The second-order valence-corrected chi connectivity index (χ2v) is 8.85. The van der Waals surface area contributed by atoms with E-state index in [9.17, 15) is 13.7 Å². The molecule has 2 fully saturated rings. The lowest BCUT2D eigenvalue weighted by Gasteiger charge is -2.41. The number of rotatable bonds is 3. The van der Waals surface area contributed by atoms with E-state index < -0.39 is 16.1 Å². The molecule has 0 bridgehead atoms. The zero-order valence-corrected chi connectivity index (χ0v) is 14.1. The molecule has 0 N–H and O–H groups in total. The van der Waals surface area contributed by atoms with Crippen LogP contribution >= 0.6 is 0 Å². The molecule has 1 unspecified atom stereocenters. The van der Waals surface area contributed by atoms with E-state index in [1.807, 2.05) is 13.8 Å². The maximum absolute atomic E-state index is 13.2. The largest absolute Gasteiger partial charge is 0.261 e. The summed E-state index contributed by atoms with van der Waals surface area (Å²) in [6.07, 6.45) is 5.34. The van der Waals surface area contributed by atoms with Crippen molar-refractivity contribution in [2.24, 2.45) is 12.5 Å². The number of nitriles is 1. The van der Waals surface area contributed by atoms with Crippen LogP contribution in [-0.2, 0) is 17.1 Å². The van der Waals surface area contributed by atoms with Gasteiger partial charge in [-0.15, -0.1) is 0 Å². The molecular weight excluding hydrogens is 300 g/mol. The lowest BCUT2D eigenvalue weighted by Crippen LogP contribution is -2.51. The van der Waals surface area contributed by atoms with Gasteiger partial charge in [0.1, 0.15) is 6.04 Å². The van der Waals surface area contributed by atoms with Gasteiger partial charge >= 0.3 is 0 Å². The van der Waals surface area contributed by atoms with Crippen molar-refractivity contribution < 1.29 is 8.42 Å². The average Bonchev–Trinajstić information content (AvgIpc) is 3.20. The Hall–Kier alpha value is -1.39. The molecule has 0 spiro atoms. The first-order chi connectivity index (χ1) is 10.3. The Bertz CT molecular complexity index is 725. The fraction of sp³-hybridized carbons (Fsp3) is 0.733. The Morgan fingerprint density at radius 3 is 2.68 bits per heavy atom. The van der Waals surface area contributed by atoms with Crippen LogP contribution in [0.25, 0.3) is 0 Å². The third kappa shape index (κ3) is 2.34. The highest BCUT2D eigenvalue weighted by Crippen LogP contribution is 2.44. The quantitative estimate of drug-likeness (QED) is 0.852. The van der Waals surface area contributed by atoms with E-state index in [1.54, 1.807) is 13.2 Å². The number of hydrogen-bond donors (Lipinski definition) is 0. The summed E-state index contributed by atoms with van der Waals surface area (Å²) >= 11 is 0. The van der Waals surface area contributed by atoms with E-state index in [1.165, 1.54) is 8.99 Å². The average molecular weight is 322 g/mol. The third-order valence-electron chi connectivity index (χ3n) is 4.83. The van der Waals surface area contributed by atoms with Crippen LogP contribution in [0.2, 0.25) is 0 Å². The topological polar surface area (TPSA) is 79.0 Å². The van der Waals surface area contributed by atoms with Crippen LogP contribution in [0.3, 0.4) is 0 Å². The maximum Gasteiger partial charge on any atom is 0.261 e. The van der Waals surface area contributed by atoms with Gasteiger partial charge in [-0.1, -0.05) is 13.8 Å².